The van der Waals surface area contributed by atoms with Gasteiger partial charge in [-0.3, -0.25) is 9.69 Å². The van der Waals surface area contributed by atoms with Gasteiger partial charge >= 0.3 is 0 Å². The number of alkyl halides is 1. The molecule has 5 nitrogen and oxygen atoms in total. The van der Waals surface area contributed by atoms with Crippen molar-refractivity contribution in [3.63, 3.8) is 0 Å². The average molecular weight is 329 g/mol. The van der Waals surface area contributed by atoms with E-state index in [0.29, 0.717) is 6.67 Å². The lowest BCUT2D eigenvalue weighted by Crippen LogP contribution is -2.35. The molecule has 0 aliphatic carbocycles. The lowest BCUT2D eigenvalue weighted by molar-refractivity contribution is -0.116. The van der Waals surface area contributed by atoms with Gasteiger partial charge in [0.2, 0.25) is 5.91 Å². The van der Waals surface area contributed by atoms with Crippen LogP contribution in [-0.4, -0.2) is 26.6 Å². The number of anilines is 1. The lowest BCUT2D eigenvalue weighted by Gasteiger charge is -2.26. The first-order valence-electron chi connectivity index (χ1n) is 6.44. The Kier molecular flexibility index (Phi) is 6.65. The summed E-state index contributed by atoms with van der Waals surface area (Å²) < 4.78 is 1.61. The molecule has 0 atom stereocenters. The Hall–Kier alpha value is -1.59. The maximum atomic E-state index is 12.2. The summed E-state index contributed by atoms with van der Waals surface area (Å²) in [6.07, 6.45) is 3.88. The normalized spacial score (nSPS) is 10.0. The minimum atomic E-state index is -0.147. The largest absolute Gasteiger partial charge is 0.291 e. The molecular weight excluding hydrogens is 311 g/mol. The number of amides is 1. The van der Waals surface area contributed by atoms with Crippen LogP contribution in [-0.2, 0) is 17.9 Å². The number of halogens is 2. The van der Waals surface area contributed by atoms with E-state index in [2.05, 4.69) is 17.0 Å². The standard InChI is InChI=1S/C14H17ClN4O.ClH/c1-3-12-6-4-5-11(2)14(12)19(13(20)7-15)10-18-9-16-8-17-18;/h4-6,8-9H,3,7,10H2,1-2H3;1H. The molecule has 0 radical (unpaired) electrons. The summed E-state index contributed by atoms with van der Waals surface area (Å²) in [7, 11) is 0. The van der Waals surface area contributed by atoms with Gasteiger partial charge in [0.05, 0.1) is 5.69 Å². The van der Waals surface area contributed by atoms with Crippen LogP contribution >= 0.6 is 24.0 Å². The number of para-hydroxylation sites is 1. The van der Waals surface area contributed by atoms with Crippen LogP contribution in [0, 0.1) is 6.92 Å². The third-order valence-electron chi connectivity index (χ3n) is 3.14. The zero-order chi connectivity index (χ0) is 14.5. The predicted molar refractivity (Wildman–Crippen MR) is 86.0 cm³/mol. The number of aryl methyl sites for hydroxylation is 2. The first-order chi connectivity index (χ1) is 9.67. The van der Waals surface area contributed by atoms with E-state index in [1.54, 1.807) is 15.9 Å². The van der Waals surface area contributed by atoms with Crippen molar-refractivity contribution >= 4 is 35.6 Å². The molecule has 0 aliphatic rings. The number of rotatable bonds is 5. The first-order valence-corrected chi connectivity index (χ1v) is 6.98. The Balaban J connectivity index is 0.00000220. The molecule has 2 aromatic rings. The molecule has 0 N–H and O–H groups in total. The van der Waals surface area contributed by atoms with E-state index in [0.717, 1.165) is 23.2 Å². The van der Waals surface area contributed by atoms with Gasteiger partial charge in [-0.2, -0.15) is 5.10 Å². The van der Waals surface area contributed by atoms with Gasteiger partial charge in [-0.05, 0) is 24.5 Å². The lowest BCUT2D eigenvalue weighted by atomic mass is 10.0. The molecule has 0 fully saturated rings. The molecule has 0 unspecified atom stereocenters. The summed E-state index contributed by atoms with van der Waals surface area (Å²) in [6.45, 7) is 4.37. The molecule has 0 saturated heterocycles. The summed E-state index contributed by atoms with van der Waals surface area (Å²) in [5, 5.41) is 4.05. The average Bonchev–Trinajstić information content (AvgIpc) is 2.97. The Labute approximate surface area is 135 Å². The first kappa shape index (κ1) is 17.5. The zero-order valence-corrected chi connectivity index (χ0v) is 13.6. The second-order valence-corrected chi connectivity index (χ2v) is 4.74. The number of aromatic nitrogens is 3. The Bertz CT molecular complexity index is 587. The van der Waals surface area contributed by atoms with Crippen LogP contribution in [0.15, 0.2) is 30.9 Å². The van der Waals surface area contributed by atoms with E-state index in [-0.39, 0.29) is 24.2 Å². The van der Waals surface area contributed by atoms with E-state index < -0.39 is 0 Å². The van der Waals surface area contributed by atoms with E-state index in [1.807, 2.05) is 25.1 Å². The van der Waals surface area contributed by atoms with Gasteiger partial charge in [0.1, 0.15) is 25.2 Å². The summed E-state index contributed by atoms with van der Waals surface area (Å²) in [5.74, 6) is -0.210. The third-order valence-corrected chi connectivity index (χ3v) is 3.37. The SMILES string of the molecule is CCc1cccc(C)c1N(Cn1cncn1)C(=O)CCl.Cl. The van der Waals surface area contributed by atoms with Crippen LogP contribution in [0.25, 0.3) is 0 Å². The molecule has 1 amide bonds. The van der Waals surface area contributed by atoms with Crippen molar-refractivity contribution in [1.82, 2.24) is 14.8 Å². The van der Waals surface area contributed by atoms with Crippen LogP contribution in [0.3, 0.4) is 0 Å². The minimum Gasteiger partial charge on any atom is -0.291 e. The van der Waals surface area contributed by atoms with Crippen molar-refractivity contribution in [3.8, 4) is 0 Å². The van der Waals surface area contributed by atoms with Gasteiger partial charge in [0, 0.05) is 0 Å². The fourth-order valence-electron chi connectivity index (χ4n) is 2.19. The van der Waals surface area contributed by atoms with Gasteiger partial charge in [-0.1, -0.05) is 25.1 Å². The summed E-state index contributed by atoms with van der Waals surface area (Å²) in [6, 6.07) is 6.01. The highest BCUT2D eigenvalue weighted by atomic mass is 35.5. The number of carbonyl (C=O) groups is 1. The number of benzene rings is 1. The van der Waals surface area contributed by atoms with Crippen LogP contribution < -0.4 is 4.90 Å². The molecule has 1 aromatic carbocycles. The van der Waals surface area contributed by atoms with Gasteiger partial charge in [-0.15, -0.1) is 24.0 Å². The maximum Gasteiger partial charge on any atom is 0.243 e. The Morgan fingerprint density at radius 3 is 2.76 bits per heavy atom. The molecule has 1 aromatic heterocycles. The number of hydrogen-bond acceptors (Lipinski definition) is 3. The molecule has 0 aliphatic heterocycles. The smallest absolute Gasteiger partial charge is 0.243 e. The molecule has 0 bridgehead atoms. The summed E-state index contributed by atoms with van der Waals surface area (Å²) >= 11 is 5.75. The predicted octanol–water partition coefficient (Wildman–Crippen LogP) is 2.80. The third kappa shape index (κ3) is 3.95. The van der Waals surface area contributed by atoms with Crippen molar-refractivity contribution in [2.45, 2.75) is 26.9 Å². The van der Waals surface area contributed by atoms with Crippen molar-refractivity contribution < 1.29 is 4.79 Å². The van der Waals surface area contributed by atoms with Crippen molar-refractivity contribution in [3.05, 3.63) is 42.0 Å². The highest BCUT2D eigenvalue weighted by Gasteiger charge is 2.20. The molecule has 1 heterocycles. The molecule has 0 saturated carbocycles. The van der Waals surface area contributed by atoms with Crippen LogP contribution in [0.1, 0.15) is 18.1 Å². The van der Waals surface area contributed by atoms with Gasteiger partial charge in [0.25, 0.3) is 0 Å². The highest BCUT2D eigenvalue weighted by Crippen LogP contribution is 2.26. The van der Waals surface area contributed by atoms with Gasteiger partial charge in [0.15, 0.2) is 0 Å². The van der Waals surface area contributed by atoms with Crippen LogP contribution in [0.2, 0.25) is 0 Å². The molecule has 7 heteroatoms. The summed E-state index contributed by atoms with van der Waals surface area (Å²) in [5.41, 5.74) is 3.07. The van der Waals surface area contributed by atoms with Crippen molar-refractivity contribution in [2.24, 2.45) is 0 Å². The fourth-order valence-corrected chi connectivity index (χ4v) is 2.33. The summed E-state index contributed by atoms with van der Waals surface area (Å²) in [4.78, 5) is 17.8. The van der Waals surface area contributed by atoms with E-state index in [1.165, 1.54) is 6.33 Å². The second kappa shape index (κ2) is 8.00. The molecular formula is C14H18Cl2N4O. The van der Waals surface area contributed by atoms with Gasteiger partial charge in [-0.25, -0.2) is 9.67 Å². The van der Waals surface area contributed by atoms with E-state index in [9.17, 15) is 4.79 Å². The Morgan fingerprint density at radius 1 is 1.43 bits per heavy atom. The Morgan fingerprint density at radius 2 is 2.19 bits per heavy atom. The topological polar surface area (TPSA) is 51.0 Å². The van der Waals surface area contributed by atoms with E-state index >= 15 is 0 Å². The van der Waals surface area contributed by atoms with E-state index in [4.69, 9.17) is 11.6 Å². The molecule has 2 rings (SSSR count). The number of nitrogens with zero attached hydrogens (tertiary/aromatic N) is 4. The minimum absolute atomic E-state index is 0. The van der Waals surface area contributed by atoms with Crippen molar-refractivity contribution in [2.75, 3.05) is 10.8 Å². The fraction of sp³-hybridized carbons (Fsp3) is 0.357. The quantitative estimate of drug-likeness (QED) is 0.793. The highest BCUT2D eigenvalue weighted by molar-refractivity contribution is 6.29. The van der Waals surface area contributed by atoms with Crippen LogP contribution in [0.5, 0.6) is 0 Å². The molecule has 114 valence electrons. The number of carbonyl (C=O) groups excluding carboxylic acids is 1. The zero-order valence-electron chi connectivity index (χ0n) is 12.0. The van der Waals surface area contributed by atoms with Crippen LogP contribution in [0.4, 0.5) is 5.69 Å². The maximum absolute atomic E-state index is 12.2. The monoisotopic (exact) mass is 328 g/mol. The molecule has 0 spiro atoms. The van der Waals surface area contributed by atoms with Crippen molar-refractivity contribution in [1.29, 1.82) is 0 Å². The second-order valence-electron chi connectivity index (χ2n) is 4.47. The number of hydrogen-bond donors (Lipinski definition) is 0. The molecule has 21 heavy (non-hydrogen) atoms. The van der Waals surface area contributed by atoms with Gasteiger partial charge < -0.3 is 0 Å².